The second kappa shape index (κ2) is 13.0. The Kier molecular flexibility index (Phi) is 9.00. The molecule has 2 aliphatic heterocycles. The van der Waals surface area contributed by atoms with Crippen LogP contribution in [0.1, 0.15) is 112 Å². The molecule has 0 amide bonds. The van der Waals surface area contributed by atoms with Crippen molar-refractivity contribution in [2.24, 2.45) is 11.8 Å². The number of hydrogen-bond acceptors (Lipinski definition) is 8. The van der Waals surface area contributed by atoms with Crippen molar-refractivity contribution < 1.29 is 38.0 Å². The lowest BCUT2D eigenvalue weighted by molar-refractivity contribution is -0.0387. The van der Waals surface area contributed by atoms with E-state index in [1.807, 2.05) is 52.0 Å². The second-order valence-corrected chi connectivity index (χ2v) is 16.2. The zero-order valence-corrected chi connectivity index (χ0v) is 30.2. The van der Waals surface area contributed by atoms with Gasteiger partial charge in [0, 0.05) is 11.8 Å². The van der Waals surface area contributed by atoms with Crippen LogP contribution in [0.15, 0.2) is 72.8 Å². The Morgan fingerprint density at radius 1 is 0.620 bits per heavy atom. The van der Waals surface area contributed by atoms with Gasteiger partial charge in [0.05, 0.1) is 34.5 Å². The first-order valence-corrected chi connectivity index (χ1v) is 18.1. The van der Waals surface area contributed by atoms with E-state index in [9.17, 15) is 9.59 Å². The van der Waals surface area contributed by atoms with Crippen LogP contribution in [-0.4, -0.2) is 46.6 Å². The van der Waals surface area contributed by atoms with Crippen molar-refractivity contribution in [3.63, 3.8) is 0 Å². The predicted octanol–water partition coefficient (Wildman–Crippen LogP) is 8.63. The molecule has 6 unspecified atom stereocenters. The molecule has 8 heteroatoms. The van der Waals surface area contributed by atoms with E-state index in [2.05, 4.69) is 13.8 Å². The summed E-state index contributed by atoms with van der Waals surface area (Å²) < 4.78 is 35.6. The monoisotopic (exact) mass is 682 g/mol. The molecule has 0 spiro atoms. The topological polar surface area (TPSA) is 96.1 Å². The van der Waals surface area contributed by atoms with Crippen LogP contribution in [-0.2, 0) is 32.2 Å². The largest absolute Gasteiger partial charge is 0.489 e. The van der Waals surface area contributed by atoms with Gasteiger partial charge in [-0.15, -0.1) is 0 Å². The van der Waals surface area contributed by atoms with Crippen LogP contribution in [0.25, 0.3) is 0 Å². The highest BCUT2D eigenvalue weighted by Gasteiger charge is 2.58. The van der Waals surface area contributed by atoms with Gasteiger partial charge in [-0.25, -0.2) is 9.59 Å². The molecule has 7 rings (SSSR count). The molecule has 8 nitrogen and oxygen atoms in total. The summed E-state index contributed by atoms with van der Waals surface area (Å²) in [6.07, 6.45) is 6.46. The summed E-state index contributed by atoms with van der Waals surface area (Å²) in [7, 11) is 0. The van der Waals surface area contributed by atoms with Crippen LogP contribution in [0.4, 0.5) is 0 Å². The van der Waals surface area contributed by atoms with Gasteiger partial charge in [0.1, 0.15) is 35.9 Å². The third kappa shape index (κ3) is 7.57. The minimum Gasteiger partial charge on any atom is -0.489 e. The van der Waals surface area contributed by atoms with Crippen LogP contribution >= 0.6 is 0 Å². The highest BCUT2D eigenvalue weighted by Crippen LogP contribution is 2.53. The van der Waals surface area contributed by atoms with E-state index >= 15 is 0 Å². The van der Waals surface area contributed by atoms with Crippen LogP contribution in [0.2, 0.25) is 0 Å². The molecule has 0 N–H and O–H groups in total. The number of carbonyl (C=O) groups is 2. The molecular formula is C42H50O8. The molecule has 3 aromatic carbocycles. The maximum Gasteiger partial charge on any atom is 0.338 e. The molecule has 2 saturated heterocycles. The van der Waals surface area contributed by atoms with E-state index in [-0.39, 0.29) is 35.0 Å². The number of epoxide rings is 2. The second-order valence-electron chi connectivity index (χ2n) is 16.2. The zero-order valence-electron chi connectivity index (χ0n) is 30.2. The van der Waals surface area contributed by atoms with E-state index < -0.39 is 11.2 Å². The van der Waals surface area contributed by atoms with Crippen molar-refractivity contribution in [3.8, 4) is 11.5 Å². The first-order chi connectivity index (χ1) is 23.7. The summed E-state index contributed by atoms with van der Waals surface area (Å²) in [5, 5.41) is 0. The van der Waals surface area contributed by atoms with Gasteiger partial charge in [-0.3, -0.25) is 0 Å². The van der Waals surface area contributed by atoms with Crippen LogP contribution in [0.3, 0.4) is 0 Å². The Morgan fingerprint density at radius 2 is 0.980 bits per heavy atom. The summed E-state index contributed by atoms with van der Waals surface area (Å²) in [5.74, 6) is 1.28. The molecule has 4 fully saturated rings. The van der Waals surface area contributed by atoms with E-state index in [1.54, 1.807) is 48.5 Å². The van der Waals surface area contributed by atoms with Crippen molar-refractivity contribution >= 4 is 11.9 Å². The van der Waals surface area contributed by atoms with Gasteiger partial charge < -0.3 is 28.4 Å². The number of carbonyl (C=O) groups excluding carboxylic acids is 2. The molecule has 4 aliphatic rings. The fourth-order valence-electron chi connectivity index (χ4n) is 7.76. The van der Waals surface area contributed by atoms with Gasteiger partial charge in [0.25, 0.3) is 0 Å². The fraction of sp³-hybridized carbons (Fsp3) is 0.524. The molecular weight excluding hydrogens is 632 g/mol. The number of hydrogen-bond donors (Lipinski definition) is 0. The average molecular weight is 683 g/mol. The zero-order chi connectivity index (χ0) is 35.3. The quantitative estimate of drug-likeness (QED) is 0.138. The summed E-state index contributed by atoms with van der Waals surface area (Å²) in [6, 6.07) is 22.3. The average Bonchev–Trinajstić information content (AvgIpc) is 3.98. The minimum atomic E-state index is -0.557. The lowest BCUT2D eigenvalue weighted by Crippen LogP contribution is -2.40. The van der Waals surface area contributed by atoms with E-state index in [1.165, 1.54) is 0 Å². The van der Waals surface area contributed by atoms with Gasteiger partial charge in [-0.05, 0) is 140 Å². The SMILES string of the molecule is CC(C)(OC(=O)c1ccc(OCc2ccc(COc3ccc(C(=O)OC(C)(C)C4CCC5(C)OC5C4)cc3)cc2)cc1)C1CCC2(C)OC2C1. The Hall–Kier alpha value is -3.88. The Morgan fingerprint density at radius 3 is 1.32 bits per heavy atom. The van der Waals surface area contributed by atoms with Crippen LogP contribution in [0.5, 0.6) is 11.5 Å². The molecule has 2 aliphatic carbocycles. The van der Waals surface area contributed by atoms with Crippen molar-refractivity contribution in [1.82, 2.24) is 0 Å². The lowest BCUT2D eigenvalue weighted by Gasteiger charge is -2.36. The number of fused-ring (bicyclic) bond motifs is 2. The van der Waals surface area contributed by atoms with Crippen LogP contribution in [0, 0.1) is 11.8 Å². The van der Waals surface area contributed by atoms with Crippen LogP contribution < -0.4 is 9.47 Å². The summed E-state index contributed by atoms with van der Waals surface area (Å²) in [5.41, 5.74) is 2.01. The third-order valence-electron chi connectivity index (χ3n) is 11.7. The fourth-order valence-corrected chi connectivity index (χ4v) is 7.76. The maximum absolute atomic E-state index is 13.0. The maximum atomic E-state index is 13.0. The van der Waals surface area contributed by atoms with Gasteiger partial charge in [-0.2, -0.15) is 0 Å². The van der Waals surface area contributed by atoms with Gasteiger partial charge in [-0.1, -0.05) is 24.3 Å². The lowest BCUT2D eigenvalue weighted by atomic mass is 9.75. The Bertz CT molecular complexity index is 1570. The highest BCUT2D eigenvalue weighted by atomic mass is 16.6. The van der Waals surface area contributed by atoms with Crippen molar-refractivity contribution in [2.45, 2.75) is 128 Å². The van der Waals surface area contributed by atoms with Crippen molar-refractivity contribution in [2.75, 3.05) is 0 Å². The molecule has 2 saturated carbocycles. The number of ether oxygens (including phenoxy) is 6. The minimum absolute atomic E-state index is 0.0414. The normalized spacial score (nSPS) is 28.4. The number of rotatable bonds is 12. The van der Waals surface area contributed by atoms with E-state index in [4.69, 9.17) is 28.4 Å². The van der Waals surface area contributed by atoms with E-state index in [0.29, 0.717) is 48.0 Å². The van der Waals surface area contributed by atoms with Gasteiger partial charge >= 0.3 is 11.9 Å². The molecule has 50 heavy (non-hydrogen) atoms. The van der Waals surface area contributed by atoms with Crippen molar-refractivity contribution in [1.29, 1.82) is 0 Å². The summed E-state index contributed by atoms with van der Waals surface area (Å²) in [6.45, 7) is 13.1. The summed E-state index contributed by atoms with van der Waals surface area (Å²) in [4.78, 5) is 25.9. The first kappa shape index (κ1) is 34.6. The van der Waals surface area contributed by atoms with Crippen molar-refractivity contribution in [3.05, 3.63) is 95.1 Å². The smallest absolute Gasteiger partial charge is 0.338 e. The Balaban J connectivity index is 0.834. The van der Waals surface area contributed by atoms with Gasteiger partial charge in [0.15, 0.2) is 0 Å². The van der Waals surface area contributed by atoms with Gasteiger partial charge in [0.2, 0.25) is 0 Å². The molecule has 0 bridgehead atoms. The summed E-state index contributed by atoms with van der Waals surface area (Å²) >= 11 is 0. The predicted molar refractivity (Wildman–Crippen MR) is 188 cm³/mol. The molecule has 6 atom stereocenters. The molecule has 2 heterocycles. The number of benzene rings is 3. The van der Waals surface area contributed by atoms with E-state index in [0.717, 1.165) is 49.7 Å². The standard InChI is InChI=1S/C42H50O8/c1-39(2,31-19-21-41(5)35(23-31)47-41)49-37(43)29-11-15-33(16-12-29)45-25-27-7-9-28(10-8-27)26-46-34-17-13-30(14-18-34)38(44)50-40(3,4)32-20-22-42(6)36(24-32)48-42/h7-18,31-32,35-36H,19-26H2,1-6H3. The Labute approximate surface area is 295 Å². The highest BCUT2D eigenvalue weighted by molar-refractivity contribution is 5.90. The molecule has 266 valence electrons. The molecule has 0 radical (unpaired) electrons. The number of esters is 2. The third-order valence-corrected chi connectivity index (χ3v) is 11.7. The first-order valence-electron chi connectivity index (χ1n) is 18.1. The molecule has 0 aromatic heterocycles. The molecule has 3 aromatic rings.